The number of benzene rings is 3. The summed E-state index contributed by atoms with van der Waals surface area (Å²) in [5.41, 5.74) is 1.05. The van der Waals surface area contributed by atoms with Gasteiger partial charge in [-0.1, -0.05) is 48.5 Å². The van der Waals surface area contributed by atoms with E-state index in [0.29, 0.717) is 11.2 Å². The smallest absolute Gasteiger partial charge is 0.390 e. The Hall–Kier alpha value is -2.55. The SMILES string of the molecule is O=c1oc2c3ccccc3c3ccccc3c2o1. The molecule has 1 aromatic heterocycles. The lowest BCUT2D eigenvalue weighted by atomic mass is 10.0. The Bertz CT molecular complexity index is 868. The van der Waals surface area contributed by atoms with Crippen molar-refractivity contribution in [3.63, 3.8) is 0 Å². The largest absolute Gasteiger partial charge is 0.519 e. The fourth-order valence-corrected chi connectivity index (χ4v) is 2.47. The molecule has 0 spiro atoms. The van der Waals surface area contributed by atoms with Crippen molar-refractivity contribution in [2.24, 2.45) is 0 Å². The molecule has 0 bridgehead atoms. The van der Waals surface area contributed by atoms with Crippen molar-refractivity contribution in [2.75, 3.05) is 0 Å². The van der Waals surface area contributed by atoms with E-state index in [-0.39, 0.29) is 0 Å². The standard InChI is InChI=1S/C15H8O3/c16-15-17-13-11-7-3-1-5-9(11)10-6-2-4-8-12(10)14(13)18-15/h1-8H. The quantitative estimate of drug-likeness (QED) is 0.437. The van der Waals surface area contributed by atoms with Gasteiger partial charge in [0.2, 0.25) is 0 Å². The molecular formula is C15H8O3. The summed E-state index contributed by atoms with van der Waals surface area (Å²) in [5.74, 6) is -0.661. The topological polar surface area (TPSA) is 43.4 Å². The zero-order chi connectivity index (χ0) is 12.1. The van der Waals surface area contributed by atoms with Gasteiger partial charge in [0.25, 0.3) is 0 Å². The van der Waals surface area contributed by atoms with Crippen LogP contribution in [0.5, 0.6) is 0 Å². The third-order valence-corrected chi connectivity index (χ3v) is 3.21. The first-order valence-corrected chi connectivity index (χ1v) is 5.68. The molecule has 0 amide bonds. The van der Waals surface area contributed by atoms with E-state index in [1.54, 1.807) is 0 Å². The molecule has 4 aromatic rings. The van der Waals surface area contributed by atoms with Crippen LogP contribution < -0.4 is 5.82 Å². The highest BCUT2D eigenvalue weighted by molar-refractivity contribution is 6.21. The van der Waals surface area contributed by atoms with Crippen molar-refractivity contribution in [3.05, 3.63) is 59.1 Å². The van der Waals surface area contributed by atoms with Gasteiger partial charge in [0.05, 0.1) is 0 Å². The summed E-state index contributed by atoms with van der Waals surface area (Å²) in [6.07, 6.45) is 0. The number of fused-ring (bicyclic) bond motifs is 6. The molecule has 0 unspecified atom stereocenters. The maximum Gasteiger partial charge on any atom is 0.519 e. The van der Waals surface area contributed by atoms with Crippen LogP contribution in [0.4, 0.5) is 0 Å². The van der Waals surface area contributed by atoms with Gasteiger partial charge in [-0.2, -0.15) is 0 Å². The number of hydrogen-bond acceptors (Lipinski definition) is 3. The summed E-state index contributed by atoms with van der Waals surface area (Å²) in [6, 6.07) is 15.7. The van der Waals surface area contributed by atoms with E-state index >= 15 is 0 Å². The zero-order valence-electron chi connectivity index (χ0n) is 9.34. The highest BCUT2D eigenvalue weighted by Gasteiger charge is 2.13. The van der Waals surface area contributed by atoms with E-state index in [4.69, 9.17) is 8.83 Å². The lowest BCUT2D eigenvalue weighted by Crippen LogP contribution is -1.84. The number of rotatable bonds is 0. The summed E-state index contributed by atoms with van der Waals surface area (Å²) in [6.45, 7) is 0. The first kappa shape index (κ1) is 9.48. The lowest BCUT2D eigenvalue weighted by Gasteiger charge is -2.03. The number of hydrogen-bond donors (Lipinski definition) is 0. The molecule has 86 valence electrons. The van der Waals surface area contributed by atoms with Crippen LogP contribution in [0, 0.1) is 0 Å². The summed E-state index contributed by atoms with van der Waals surface area (Å²) in [4.78, 5) is 11.3. The Balaban J connectivity index is 2.50. The van der Waals surface area contributed by atoms with Crippen LogP contribution >= 0.6 is 0 Å². The third kappa shape index (κ3) is 1.10. The maximum absolute atomic E-state index is 11.3. The maximum atomic E-state index is 11.3. The molecule has 0 atom stereocenters. The minimum atomic E-state index is -0.661. The summed E-state index contributed by atoms with van der Waals surface area (Å²) < 4.78 is 10.3. The molecule has 0 aliphatic carbocycles. The fraction of sp³-hybridized carbons (Fsp3) is 0. The second-order valence-electron chi connectivity index (χ2n) is 4.20. The zero-order valence-corrected chi connectivity index (χ0v) is 9.34. The van der Waals surface area contributed by atoms with Crippen LogP contribution in [0.25, 0.3) is 32.7 Å². The van der Waals surface area contributed by atoms with Crippen LogP contribution in [0.1, 0.15) is 0 Å². The van der Waals surface area contributed by atoms with Gasteiger partial charge in [-0.25, -0.2) is 4.79 Å². The molecule has 1 heterocycles. The normalized spacial score (nSPS) is 11.6. The molecule has 4 rings (SSSR count). The molecule has 0 aliphatic rings. The van der Waals surface area contributed by atoms with Crippen molar-refractivity contribution in [2.45, 2.75) is 0 Å². The van der Waals surface area contributed by atoms with E-state index < -0.39 is 5.82 Å². The average molecular weight is 236 g/mol. The monoisotopic (exact) mass is 236 g/mol. The van der Waals surface area contributed by atoms with Crippen molar-refractivity contribution in [3.8, 4) is 0 Å². The van der Waals surface area contributed by atoms with Gasteiger partial charge < -0.3 is 8.83 Å². The van der Waals surface area contributed by atoms with Crippen molar-refractivity contribution >= 4 is 32.7 Å². The van der Waals surface area contributed by atoms with Crippen LogP contribution in [0.2, 0.25) is 0 Å². The molecule has 0 fully saturated rings. The fourth-order valence-electron chi connectivity index (χ4n) is 2.47. The van der Waals surface area contributed by atoms with Crippen molar-refractivity contribution in [1.82, 2.24) is 0 Å². The van der Waals surface area contributed by atoms with E-state index in [9.17, 15) is 4.79 Å². The van der Waals surface area contributed by atoms with E-state index in [1.165, 1.54) is 0 Å². The van der Waals surface area contributed by atoms with Crippen LogP contribution in [-0.4, -0.2) is 0 Å². The molecule has 0 N–H and O–H groups in total. The van der Waals surface area contributed by atoms with Crippen LogP contribution in [0.15, 0.2) is 62.2 Å². The summed E-state index contributed by atoms with van der Waals surface area (Å²) in [7, 11) is 0. The van der Waals surface area contributed by atoms with Crippen molar-refractivity contribution < 1.29 is 8.83 Å². The lowest BCUT2D eigenvalue weighted by molar-refractivity contribution is 0.410. The minimum Gasteiger partial charge on any atom is -0.390 e. The Morgan fingerprint density at radius 1 is 0.611 bits per heavy atom. The Kier molecular flexibility index (Phi) is 1.70. The third-order valence-electron chi connectivity index (χ3n) is 3.21. The Labute approximate surface area is 101 Å². The highest BCUT2D eigenvalue weighted by Crippen LogP contribution is 2.33. The first-order chi connectivity index (χ1) is 8.84. The van der Waals surface area contributed by atoms with Gasteiger partial charge in [0, 0.05) is 10.8 Å². The molecule has 18 heavy (non-hydrogen) atoms. The predicted octanol–water partition coefficient (Wildman–Crippen LogP) is 3.69. The van der Waals surface area contributed by atoms with E-state index in [1.807, 2.05) is 48.5 Å². The van der Waals surface area contributed by atoms with Crippen LogP contribution in [0.3, 0.4) is 0 Å². The van der Waals surface area contributed by atoms with Gasteiger partial charge in [0.1, 0.15) is 0 Å². The van der Waals surface area contributed by atoms with Gasteiger partial charge in [0.15, 0.2) is 11.2 Å². The Morgan fingerprint density at radius 3 is 1.44 bits per heavy atom. The molecule has 0 aliphatic heterocycles. The average Bonchev–Trinajstić information content (AvgIpc) is 2.81. The van der Waals surface area contributed by atoms with Gasteiger partial charge in [-0.3, -0.25) is 0 Å². The van der Waals surface area contributed by atoms with Crippen molar-refractivity contribution in [1.29, 1.82) is 0 Å². The summed E-state index contributed by atoms with van der Waals surface area (Å²) in [5, 5.41) is 3.92. The molecular weight excluding hydrogens is 228 g/mol. The van der Waals surface area contributed by atoms with E-state index in [0.717, 1.165) is 21.5 Å². The molecule has 0 saturated heterocycles. The molecule has 3 heteroatoms. The first-order valence-electron chi connectivity index (χ1n) is 5.68. The molecule has 3 aromatic carbocycles. The van der Waals surface area contributed by atoms with Crippen LogP contribution in [-0.2, 0) is 0 Å². The van der Waals surface area contributed by atoms with Gasteiger partial charge in [-0.15, -0.1) is 0 Å². The second kappa shape index (κ2) is 3.23. The highest BCUT2D eigenvalue weighted by atomic mass is 16.6. The van der Waals surface area contributed by atoms with E-state index in [2.05, 4.69) is 0 Å². The second-order valence-corrected chi connectivity index (χ2v) is 4.20. The van der Waals surface area contributed by atoms with Gasteiger partial charge in [-0.05, 0) is 10.8 Å². The Morgan fingerprint density at radius 2 is 1.00 bits per heavy atom. The van der Waals surface area contributed by atoms with Gasteiger partial charge >= 0.3 is 5.82 Å². The molecule has 3 nitrogen and oxygen atoms in total. The molecule has 0 saturated carbocycles. The summed E-state index contributed by atoms with van der Waals surface area (Å²) >= 11 is 0. The predicted molar refractivity (Wildman–Crippen MR) is 69.8 cm³/mol. The molecule has 0 radical (unpaired) electrons. The minimum absolute atomic E-state index is 0.523.